The predicted octanol–water partition coefficient (Wildman–Crippen LogP) is 2.59. The van der Waals surface area contributed by atoms with Gasteiger partial charge in [0.1, 0.15) is 0 Å². The minimum absolute atomic E-state index is 0.0780. The lowest BCUT2D eigenvalue weighted by molar-refractivity contribution is 0.154. The summed E-state index contributed by atoms with van der Waals surface area (Å²) in [5, 5.41) is 0. The van der Waals surface area contributed by atoms with Crippen molar-refractivity contribution >= 4 is 0 Å². The van der Waals surface area contributed by atoms with E-state index >= 15 is 0 Å². The molecule has 0 aromatic carbocycles. The molecular weight excluding hydrogens is 210 g/mol. The summed E-state index contributed by atoms with van der Waals surface area (Å²) in [6.07, 6.45) is 4.22. The monoisotopic (exact) mass is 235 g/mol. The van der Waals surface area contributed by atoms with Crippen molar-refractivity contribution in [2.45, 2.75) is 51.7 Å². The van der Waals surface area contributed by atoms with Gasteiger partial charge in [0, 0.05) is 18.3 Å². The van der Waals surface area contributed by atoms with Gasteiger partial charge in [-0.25, -0.2) is 0 Å². The molecule has 3 unspecified atom stereocenters. The largest absolute Gasteiger partial charge is 0.326 e. The van der Waals surface area contributed by atoms with E-state index in [0.29, 0.717) is 6.04 Å². The van der Waals surface area contributed by atoms with Crippen LogP contribution in [0.5, 0.6) is 0 Å². The Morgan fingerprint density at radius 3 is 2.53 bits per heavy atom. The normalized spacial score (nSPS) is 16.8. The minimum atomic E-state index is 0.0780. The zero-order chi connectivity index (χ0) is 12.8. The Labute approximate surface area is 105 Å². The molecule has 0 saturated heterocycles. The number of nitrogens with zero attached hydrogens (tertiary/aromatic N) is 2. The Bertz CT molecular complexity index is 311. The van der Waals surface area contributed by atoms with Crippen molar-refractivity contribution in [3.05, 3.63) is 30.1 Å². The molecule has 17 heavy (non-hydrogen) atoms. The van der Waals surface area contributed by atoms with E-state index in [1.54, 1.807) is 0 Å². The SMILES string of the molecule is CCCC(C)N(C)C(c1ccccn1)C(C)N. The van der Waals surface area contributed by atoms with Gasteiger partial charge in [0.15, 0.2) is 0 Å². The molecule has 3 heteroatoms. The van der Waals surface area contributed by atoms with Crippen LogP contribution in [-0.4, -0.2) is 29.0 Å². The van der Waals surface area contributed by atoms with E-state index in [1.165, 1.54) is 12.8 Å². The smallest absolute Gasteiger partial charge is 0.0670 e. The Kier molecular flexibility index (Phi) is 5.59. The van der Waals surface area contributed by atoms with E-state index in [-0.39, 0.29) is 12.1 Å². The summed E-state index contributed by atoms with van der Waals surface area (Å²) in [7, 11) is 2.14. The molecule has 3 nitrogen and oxygen atoms in total. The maximum absolute atomic E-state index is 6.12. The highest BCUT2D eigenvalue weighted by atomic mass is 15.2. The lowest BCUT2D eigenvalue weighted by Gasteiger charge is -2.35. The Balaban J connectivity index is 2.86. The second kappa shape index (κ2) is 6.72. The van der Waals surface area contributed by atoms with Crippen LogP contribution in [0.1, 0.15) is 45.3 Å². The molecule has 1 aromatic rings. The van der Waals surface area contributed by atoms with E-state index in [4.69, 9.17) is 5.73 Å². The van der Waals surface area contributed by atoms with Crippen molar-refractivity contribution in [3.8, 4) is 0 Å². The maximum Gasteiger partial charge on any atom is 0.0670 e. The molecule has 1 heterocycles. The lowest BCUT2D eigenvalue weighted by atomic mass is 10.0. The van der Waals surface area contributed by atoms with Crippen LogP contribution in [0.3, 0.4) is 0 Å². The fourth-order valence-electron chi connectivity index (χ4n) is 2.30. The molecule has 0 aliphatic rings. The molecule has 1 aromatic heterocycles. The molecule has 1 rings (SSSR count). The molecular formula is C14H25N3. The number of rotatable bonds is 6. The van der Waals surface area contributed by atoms with Gasteiger partial charge in [-0.1, -0.05) is 19.4 Å². The summed E-state index contributed by atoms with van der Waals surface area (Å²) in [6.45, 7) is 6.52. The number of aromatic nitrogens is 1. The van der Waals surface area contributed by atoms with E-state index in [2.05, 4.69) is 43.8 Å². The molecule has 0 amide bonds. The molecule has 96 valence electrons. The molecule has 0 aliphatic carbocycles. The Morgan fingerprint density at radius 1 is 1.35 bits per heavy atom. The summed E-state index contributed by atoms with van der Waals surface area (Å²) >= 11 is 0. The molecule has 0 fully saturated rings. The molecule has 0 saturated carbocycles. The van der Waals surface area contributed by atoms with Gasteiger partial charge >= 0.3 is 0 Å². The lowest BCUT2D eigenvalue weighted by Crippen LogP contribution is -2.42. The first kappa shape index (κ1) is 14.1. The van der Waals surface area contributed by atoms with Crippen molar-refractivity contribution in [3.63, 3.8) is 0 Å². The van der Waals surface area contributed by atoms with E-state index in [0.717, 1.165) is 5.69 Å². The van der Waals surface area contributed by atoms with E-state index in [9.17, 15) is 0 Å². The quantitative estimate of drug-likeness (QED) is 0.824. The second-order valence-electron chi connectivity index (χ2n) is 4.86. The molecule has 0 aliphatic heterocycles. The topological polar surface area (TPSA) is 42.2 Å². The first-order valence-corrected chi connectivity index (χ1v) is 6.46. The summed E-state index contributed by atoms with van der Waals surface area (Å²) in [5.74, 6) is 0. The maximum atomic E-state index is 6.12. The molecule has 2 N–H and O–H groups in total. The van der Waals surface area contributed by atoms with Crippen LogP contribution in [0.15, 0.2) is 24.4 Å². The fraction of sp³-hybridized carbons (Fsp3) is 0.643. The van der Waals surface area contributed by atoms with E-state index < -0.39 is 0 Å². The van der Waals surface area contributed by atoms with Crippen LogP contribution < -0.4 is 5.73 Å². The van der Waals surface area contributed by atoms with Crippen LogP contribution in [-0.2, 0) is 0 Å². The van der Waals surface area contributed by atoms with Gasteiger partial charge in [0.25, 0.3) is 0 Å². The van der Waals surface area contributed by atoms with Gasteiger partial charge < -0.3 is 5.73 Å². The van der Waals surface area contributed by atoms with Crippen LogP contribution in [0.2, 0.25) is 0 Å². The Morgan fingerprint density at radius 2 is 2.06 bits per heavy atom. The van der Waals surface area contributed by atoms with Crippen LogP contribution in [0, 0.1) is 0 Å². The van der Waals surface area contributed by atoms with Crippen molar-refractivity contribution in [1.29, 1.82) is 0 Å². The molecule has 0 bridgehead atoms. The average molecular weight is 235 g/mol. The Hall–Kier alpha value is -0.930. The van der Waals surface area contributed by atoms with Crippen molar-refractivity contribution < 1.29 is 0 Å². The van der Waals surface area contributed by atoms with Gasteiger partial charge in [-0.2, -0.15) is 0 Å². The highest BCUT2D eigenvalue weighted by Gasteiger charge is 2.25. The van der Waals surface area contributed by atoms with Gasteiger partial charge in [0.2, 0.25) is 0 Å². The van der Waals surface area contributed by atoms with Gasteiger partial charge in [-0.05, 0) is 39.4 Å². The first-order chi connectivity index (χ1) is 8.07. The molecule has 0 spiro atoms. The van der Waals surface area contributed by atoms with Gasteiger partial charge in [-0.3, -0.25) is 9.88 Å². The number of nitrogens with two attached hydrogens (primary N) is 1. The number of pyridine rings is 1. The zero-order valence-corrected chi connectivity index (χ0v) is 11.4. The van der Waals surface area contributed by atoms with Crippen molar-refractivity contribution in [1.82, 2.24) is 9.88 Å². The summed E-state index contributed by atoms with van der Waals surface area (Å²) in [5.41, 5.74) is 7.18. The highest BCUT2D eigenvalue weighted by Crippen LogP contribution is 2.23. The van der Waals surface area contributed by atoms with Crippen LogP contribution in [0.4, 0.5) is 0 Å². The van der Waals surface area contributed by atoms with Gasteiger partial charge in [-0.15, -0.1) is 0 Å². The third-order valence-electron chi connectivity index (χ3n) is 3.33. The van der Waals surface area contributed by atoms with Crippen LogP contribution in [0.25, 0.3) is 0 Å². The zero-order valence-electron chi connectivity index (χ0n) is 11.4. The average Bonchev–Trinajstić information content (AvgIpc) is 2.30. The fourth-order valence-corrected chi connectivity index (χ4v) is 2.30. The number of likely N-dealkylation sites (N-methyl/N-ethyl adjacent to an activating group) is 1. The summed E-state index contributed by atoms with van der Waals surface area (Å²) in [6, 6.07) is 6.82. The van der Waals surface area contributed by atoms with E-state index in [1.807, 2.05) is 18.3 Å². The third-order valence-corrected chi connectivity index (χ3v) is 3.33. The second-order valence-corrected chi connectivity index (χ2v) is 4.86. The number of hydrogen-bond donors (Lipinski definition) is 1. The molecule has 0 radical (unpaired) electrons. The summed E-state index contributed by atoms with van der Waals surface area (Å²) < 4.78 is 0. The molecule has 3 atom stereocenters. The first-order valence-electron chi connectivity index (χ1n) is 6.46. The summed E-state index contributed by atoms with van der Waals surface area (Å²) in [4.78, 5) is 6.79. The predicted molar refractivity (Wildman–Crippen MR) is 72.8 cm³/mol. The number of hydrogen-bond acceptors (Lipinski definition) is 3. The van der Waals surface area contributed by atoms with Gasteiger partial charge in [0.05, 0.1) is 11.7 Å². The highest BCUT2D eigenvalue weighted by molar-refractivity contribution is 5.11. The standard InChI is InChI=1S/C14H25N3/c1-5-8-11(2)17(4)14(12(3)15)13-9-6-7-10-16-13/h6-7,9-12,14H,5,8,15H2,1-4H3. The third kappa shape index (κ3) is 3.79. The minimum Gasteiger partial charge on any atom is -0.326 e. The van der Waals surface area contributed by atoms with Crippen LogP contribution >= 0.6 is 0 Å². The van der Waals surface area contributed by atoms with Crippen molar-refractivity contribution in [2.75, 3.05) is 7.05 Å². The van der Waals surface area contributed by atoms with Crippen molar-refractivity contribution in [2.24, 2.45) is 5.73 Å².